The van der Waals surface area contributed by atoms with Crippen LogP contribution in [0.25, 0.3) is 22.2 Å². The number of pyridine rings is 1. The Morgan fingerprint density at radius 3 is 2.71 bits per heavy atom. The van der Waals surface area contributed by atoms with Crippen LogP contribution in [-0.2, 0) is 22.5 Å². The fraction of sp³-hybridized carbons (Fsp3) is 0.231. The first kappa shape index (κ1) is 23.6. The first-order chi connectivity index (χ1) is 16.9. The monoisotopic (exact) mass is 550 g/mol. The average Bonchev–Trinajstić information content (AvgIpc) is 3.31. The maximum atomic E-state index is 13.4. The molecule has 9 heteroatoms. The van der Waals surface area contributed by atoms with Gasteiger partial charge >= 0.3 is 5.97 Å². The van der Waals surface area contributed by atoms with E-state index in [4.69, 9.17) is 9.72 Å². The highest BCUT2D eigenvalue weighted by molar-refractivity contribution is 9.10. The van der Waals surface area contributed by atoms with Gasteiger partial charge in [0.2, 0.25) is 0 Å². The Kier molecular flexibility index (Phi) is 6.64. The Balaban J connectivity index is 1.34. The van der Waals surface area contributed by atoms with Crippen LogP contribution < -0.4 is 5.32 Å². The van der Waals surface area contributed by atoms with Crippen LogP contribution in [0.2, 0.25) is 0 Å². The van der Waals surface area contributed by atoms with E-state index in [1.807, 2.05) is 61.0 Å². The lowest BCUT2D eigenvalue weighted by atomic mass is 9.96. The van der Waals surface area contributed by atoms with Gasteiger partial charge in [0.25, 0.3) is 5.91 Å². The Bertz CT molecular complexity index is 1420. The van der Waals surface area contributed by atoms with E-state index in [0.29, 0.717) is 17.2 Å². The third kappa shape index (κ3) is 4.98. The molecule has 1 unspecified atom stereocenters. The Labute approximate surface area is 215 Å². The molecular formula is C26H23BrN4O3S. The van der Waals surface area contributed by atoms with E-state index < -0.39 is 18.0 Å². The minimum absolute atomic E-state index is 0.431. The number of esters is 1. The predicted molar refractivity (Wildman–Crippen MR) is 141 cm³/mol. The van der Waals surface area contributed by atoms with Crippen LogP contribution in [0, 0.1) is 0 Å². The summed E-state index contributed by atoms with van der Waals surface area (Å²) in [6.07, 6.45) is -0.232. The number of hydrogen-bond acceptors (Lipinski definition) is 7. The third-order valence-electron chi connectivity index (χ3n) is 5.97. The molecule has 1 aliphatic heterocycles. The molecule has 1 amide bonds. The number of fused-ring (bicyclic) bond motifs is 2. The summed E-state index contributed by atoms with van der Waals surface area (Å²) in [6, 6.07) is 15.3. The standard InChI is InChI=1S/C26H23BrN4O3S/c1-15(24(32)30-26-29-22(14-35-26)16-7-9-17(27)10-8-16)34-25(33)23-18-5-3-4-6-20(18)28-21-11-12-31(2)13-19(21)23/h3-10,14-15H,11-13H2,1-2H3,(H,29,30,32). The number of aromatic nitrogens is 2. The van der Waals surface area contributed by atoms with Crippen LogP contribution >= 0.6 is 27.3 Å². The maximum Gasteiger partial charge on any atom is 0.339 e. The lowest BCUT2D eigenvalue weighted by Gasteiger charge is -2.27. The topological polar surface area (TPSA) is 84.4 Å². The van der Waals surface area contributed by atoms with E-state index in [-0.39, 0.29) is 0 Å². The third-order valence-corrected chi connectivity index (χ3v) is 7.26. The Morgan fingerprint density at radius 2 is 1.91 bits per heavy atom. The molecule has 0 aliphatic carbocycles. The first-order valence-corrected chi connectivity index (χ1v) is 12.9. The molecule has 0 fully saturated rings. The van der Waals surface area contributed by atoms with Crippen molar-refractivity contribution in [2.24, 2.45) is 0 Å². The van der Waals surface area contributed by atoms with Crippen LogP contribution in [0.3, 0.4) is 0 Å². The van der Waals surface area contributed by atoms with E-state index in [2.05, 4.69) is 31.1 Å². The number of ether oxygens (including phenoxy) is 1. The molecule has 1 N–H and O–H groups in total. The number of thiazole rings is 1. The normalized spacial score (nSPS) is 14.4. The van der Waals surface area contributed by atoms with E-state index >= 15 is 0 Å². The molecule has 1 aliphatic rings. The molecule has 0 bridgehead atoms. The number of halogens is 1. The van der Waals surface area contributed by atoms with Crippen molar-refractivity contribution in [2.45, 2.75) is 26.0 Å². The van der Waals surface area contributed by atoms with Gasteiger partial charge in [0, 0.05) is 51.6 Å². The first-order valence-electron chi connectivity index (χ1n) is 11.2. The number of hydrogen-bond donors (Lipinski definition) is 1. The number of nitrogens with one attached hydrogen (secondary N) is 1. The van der Waals surface area contributed by atoms with Crippen molar-refractivity contribution in [2.75, 3.05) is 18.9 Å². The summed E-state index contributed by atoms with van der Waals surface area (Å²) in [5.74, 6) is -0.952. The number of benzene rings is 2. The number of likely N-dealkylation sites (N-methyl/N-ethyl adjacent to an activating group) is 1. The van der Waals surface area contributed by atoms with Crippen LogP contribution in [0.1, 0.15) is 28.5 Å². The zero-order valence-corrected chi connectivity index (χ0v) is 21.6. The molecule has 0 saturated carbocycles. The molecular weight excluding hydrogens is 528 g/mol. The summed E-state index contributed by atoms with van der Waals surface area (Å²) < 4.78 is 6.64. The molecule has 2 aromatic carbocycles. The second-order valence-corrected chi connectivity index (χ2v) is 10.3. The highest BCUT2D eigenvalue weighted by atomic mass is 79.9. The molecule has 178 valence electrons. The van der Waals surface area contributed by atoms with E-state index in [1.165, 1.54) is 11.3 Å². The van der Waals surface area contributed by atoms with Gasteiger partial charge in [-0.3, -0.25) is 15.1 Å². The van der Waals surface area contributed by atoms with Crippen LogP contribution in [-0.4, -0.2) is 46.4 Å². The number of carbonyl (C=O) groups excluding carboxylic acids is 2. The van der Waals surface area contributed by atoms with Crippen LogP contribution in [0.4, 0.5) is 5.13 Å². The Hall–Kier alpha value is -3.14. The average molecular weight is 551 g/mol. The second kappa shape index (κ2) is 9.85. The van der Waals surface area contributed by atoms with E-state index in [1.54, 1.807) is 6.92 Å². The van der Waals surface area contributed by atoms with E-state index in [9.17, 15) is 9.59 Å². The zero-order valence-electron chi connectivity index (χ0n) is 19.2. The van der Waals surface area contributed by atoms with Gasteiger partial charge in [-0.1, -0.05) is 46.3 Å². The number of rotatable bonds is 5. The van der Waals surface area contributed by atoms with Crippen molar-refractivity contribution in [1.29, 1.82) is 0 Å². The van der Waals surface area contributed by atoms with Crippen LogP contribution in [0.5, 0.6) is 0 Å². The van der Waals surface area contributed by atoms with Crippen molar-refractivity contribution >= 4 is 55.2 Å². The van der Waals surface area contributed by atoms with Gasteiger partial charge < -0.3 is 9.64 Å². The highest BCUT2D eigenvalue weighted by Crippen LogP contribution is 2.29. The van der Waals surface area contributed by atoms with Crippen molar-refractivity contribution in [3.8, 4) is 11.3 Å². The largest absolute Gasteiger partial charge is 0.449 e. The maximum absolute atomic E-state index is 13.4. The molecule has 0 radical (unpaired) electrons. The van der Waals surface area contributed by atoms with Crippen molar-refractivity contribution in [3.05, 3.63) is 75.2 Å². The summed E-state index contributed by atoms with van der Waals surface area (Å²) in [7, 11) is 2.01. The SMILES string of the molecule is CC(OC(=O)c1c2c(nc3ccccc13)CCN(C)C2)C(=O)Nc1nc(-c2ccc(Br)cc2)cs1. The van der Waals surface area contributed by atoms with Gasteiger partial charge in [0.1, 0.15) is 0 Å². The minimum atomic E-state index is -0.994. The van der Waals surface area contributed by atoms with Crippen LogP contribution in [0.15, 0.2) is 58.4 Å². The number of carbonyl (C=O) groups is 2. The summed E-state index contributed by atoms with van der Waals surface area (Å²) >= 11 is 4.74. The van der Waals surface area contributed by atoms with Gasteiger partial charge in [-0.2, -0.15) is 0 Å². The molecule has 35 heavy (non-hydrogen) atoms. The van der Waals surface area contributed by atoms with Gasteiger partial charge in [-0.25, -0.2) is 9.78 Å². The molecule has 0 saturated heterocycles. The molecule has 7 nitrogen and oxygen atoms in total. The zero-order chi connectivity index (χ0) is 24.5. The van der Waals surface area contributed by atoms with Gasteiger partial charge in [-0.15, -0.1) is 11.3 Å². The summed E-state index contributed by atoms with van der Waals surface area (Å²) in [5, 5.41) is 5.83. The van der Waals surface area contributed by atoms with Gasteiger partial charge in [0.15, 0.2) is 11.2 Å². The number of anilines is 1. The number of nitrogens with zero attached hydrogens (tertiary/aromatic N) is 3. The van der Waals surface area contributed by atoms with Gasteiger partial charge in [0.05, 0.1) is 16.8 Å². The lowest BCUT2D eigenvalue weighted by Crippen LogP contribution is -2.32. The number of amides is 1. The molecule has 2 aromatic heterocycles. The molecule has 5 rings (SSSR count). The minimum Gasteiger partial charge on any atom is -0.449 e. The summed E-state index contributed by atoms with van der Waals surface area (Å²) in [4.78, 5) is 37.6. The lowest BCUT2D eigenvalue weighted by molar-refractivity contribution is -0.123. The quantitative estimate of drug-likeness (QED) is 0.340. The van der Waals surface area contributed by atoms with Crippen molar-refractivity contribution < 1.29 is 14.3 Å². The predicted octanol–water partition coefficient (Wildman–Crippen LogP) is 5.29. The molecule has 4 aromatic rings. The molecule has 0 spiro atoms. The smallest absolute Gasteiger partial charge is 0.339 e. The van der Waals surface area contributed by atoms with Crippen molar-refractivity contribution in [1.82, 2.24) is 14.9 Å². The Morgan fingerprint density at radius 1 is 1.14 bits per heavy atom. The summed E-state index contributed by atoms with van der Waals surface area (Å²) in [6.45, 7) is 3.05. The van der Waals surface area contributed by atoms with Gasteiger partial charge in [-0.05, 0) is 32.2 Å². The van der Waals surface area contributed by atoms with Crippen molar-refractivity contribution in [3.63, 3.8) is 0 Å². The second-order valence-electron chi connectivity index (χ2n) is 8.50. The number of para-hydroxylation sites is 1. The molecule has 3 heterocycles. The highest BCUT2D eigenvalue weighted by Gasteiger charge is 2.28. The summed E-state index contributed by atoms with van der Waals surface area (Å²) in [5.41, 5.74) is 4.74. The van der Waals surface area contributed by atoms with E-state index in [0.717, 1.165) is 50.9 Å². The fourth-order valence-corrected chi connectivity index (χ4v) is 5.11. The molecule has 1 atom stereocenters. The fourth-order valence-electron chi connectivity index (χ4n) is 4.12.